The van der Waals surface area contributed by atoms with Crippen LogP contribution in [0.5, 0.6) is 0 Å². The topological polar surface area (TPSA) is 36.4 Å². The van der Waals surface area contributed by atoms with Gasteiger partial charge in [-0.25, -0.2) is 4.98 Å². The molecule has 1 aliphatic heterocycles. The van der Waals surface area contributed by atoms with Gasteiger partial charge in [-0.3, -0.25) is 4.79 Å². The van der Waals surface area contributed by atoms with Crippen LogP contribution in [0.15, 0.2) is 6.20 Å². The molecule has 0 radical (unpaired) electrons. The second-order valence-electron chi connectivity index (χ2n) is 4.34. The van der Waals surface area contributed by atoms with E-state index in [1.165, 1.54) is 11.3 Å². The molecule has 0 aromatic carbocycles. The summed E-state index contributed by atoms with van der Waals surface area (Å²) in [5.41, 5.74) is 0. The monoisotopic (exact) mass is 239 g/mol. The van der Waals surface area contributed by atoms with E-state index < -0.39 is 0 Å². The van der Waals surface area contributed by atoms with Gasteiger partial charge in [-0.1, -0.05) is 11.3 Å². The van der Waals surface area contributed by atoms with E-state index in [2.05, 4.69) is 28.8 Å². The fourth-order valence-electron chi connectivity index (χ4n) is 1.80. The molecule has 0 N–H and O–H groups in total. The van der Waals surface area contributed by atoms with Gasteiger partial charge in [0.05, 0.1) is 11.1 Å². The Labute approximate surface area is 99.9 Å². The Morgan fingerprint density at radius 2 is 2.31 bits per heavy atom. The van der Waals surface area contributed by atoms with Crippen molar-refractivity contribution in [3.8, 4) is 0 Å². The zero-order chi connectivity index (χ0) is 11.7. The minimum atomic E-state index is 0.103. The van der Waals surface area contributed by atoms with Gasteiger partial charge in [0.15, 0.2) is 10.9 Å². The van der Waals surface area contributed by atoms with E-state index in [0.717, 1.165) is 29.6 Å². The van der Waals surface area contributed by atoms with Gasteiger partial charge in [0.25, 0.3) is 0 Å². The Hall–Kier alpha value is -0.940. The molecular formula is C11H17N3OS. The number of carbonyl (C=O) groups is 1. The van der Waals surface area contributed by atoms with Crippen LogP contribution < -0.4 is 4.90 Å². The lowest BCUT2D eigenvalue weighted by Gasteiger charge is -2.37. The van der Waals surface area contributed by atoms with Crippen LogP contribution in [0.1, 0.15) is 23.5 Å². The first-order chi connectivity index (χ1) is 7.58. The van der Waals surface area contributed by atoms with Crippen LogP contribution in [0.2, 0.25) is 0 Å². The van der Waals surface area contributed by atoms with Crippen molar-refractivity contribution in [3.63, 3.8) is 0 Å². The van der Waals surface area contributed by atoms with Crippen molar-refractivity contribution in [2.45, 2.75) is 19.9 Å². The fourth-order valence-corrected chi connectivity index (χ4v) is 2.64. The largest absolute Gasteiger partial charge is 0.345 e. The van der Waals surface area contributed by atoms with Crippen molar-refractivity contribution in [2.24, 2.45) is 0 Å². The third kappa shape index (κ3) is 2.25. The van der Waals surface area contributed by atoms with E-state index in [-0.39, 0.29) is 5.78 Å². The molecule has 5 heteroatoms. The number of rotatable bonds is 2. The molecule has 2 rings (SSSR count). The van der Waals surface area contributed by atoms with Gasteiger partial charge in [0, 0.05) is 32.6 Å². The molecule has 88 valence electrons. The van der Waals surface area contributed by atoms with Gasteiger partial charge in [0.1, 0.15) is 0 Å². The van der Waals surface area contributed by atoms with Crippen LogP contribution >= 0.6 is 11.3 Å². The molecule has 1 saturated heterocycles. The van der Waals surface area contributed by atoms with Crippen LogP contribution in [0.25, 0.3) is 0 Å². The lowest BCUT2D eigenvalue weighted by Crippen LogP contribution is -2.50. The van der Waals surface area contributed by atoms with Crippen LogP contribution in [-0.2, 0) is 0 Å². The molecule has 1 unspecified atom stereocenters. The SMILES string of the molecule is CC(=O)c1cnc(N2CCN(C)C(C)C2)s1. The number of ketones is 1. The zero-order valence-electron chi connectivity index (χ0n) is 9.93. The lowest BCUT2D eigenvalue weighted by atomic mass is 10.2. The predicted octanol–water partition coefficient (Wildman–Crippen LogP) is 1.49. The van der Waals surface area contributed by atoms with Gasteiger partial charge >= 0.3 is 0 Å². The minimum Gasteiger partial charge on any atom is -0.345 e. The number of hydrogen-bond acceptors (Lipinski definition) is 5. The van der Waals surface area contributed by atoms with Crippen molar-refractivity contribution >= 4 is 22.3 Å². The standard InChI is InChI=1S/C11H17N3OS/c1-8-7-14(5-4-13(8)3)11-12-6-10(16-11)9(2)15/h6,8H,4-5,7H2,1-3H3. The van der Waals surface area contributed by atoms with E-state index in [1.54, 1.807) is 13.1 Å². The number of hydrogen-bond donors (Lipinski definition) is 0. The summed E-state index contributed by atoms with van der Waals surface area (Å²) in [5, 5.41) is 0.977. The second kappa shape index (κ2) is 4.51. The quantitative estimate of drug-likeness (QED) is 0.733. The number of anilines is 1. The van der Waals surface area contributed by atoms with Crippen LogP contribution in [0.4, 0.5) is 5.13 Å². The molecule has 1 atom stereocenters. The highest BCUT2D eigenvalue weighted by molar-refractivity contribution is 7.17. The molecule has 0 amide bonds. The van der Waals surface area contributed by atoms with Gasteiger partial charge in [-0.2, -0.15) is 0 Å². The van der Waals surface area contributed by atoms with Crippen molar-refractivity contribution < 1.29 is 4.79 Å². The van der Waals surface area contributed by atoms with E-state index in [4.69, 9.17) is 0 Å². The molecule has 2 heterocycles. The summed E-state index contributed by atoms with van der Waals surface area (Å²) in [5.74, 6) is 0.103. The van der Waals surface area contributed by atoms with Gasteiger partial charge in [0.2, 0.25) is 0 Å². The highest BCUT2D eigenvalue weighted by Gasteiger charge is 2.22. The Balaban J connectivity index is 2.09. The molecule has 0 aliphatic carbocycles. The maximum atomic E-state index is 11.2. The highest BCUT2D eigenvalue weighted by Crippen LogP contribution is 2.24. The predicted molar refractivity (Wildman–Crippen MR) is 66.4 cm³/mol. The first-order valence-corrected chi connectivity index (χ1v) is 6.31. The van der Waals surface area contributed by atoms with Crippen molar-refractivity contribution in [3.05, 3.63) is 11.1 Å². The molecule has 0 saturated carbocycles. The maximum Gasteiger partial charge on any atom is 0.186 e. The third-order valence-electron chi connectivity index (χ3n) is 3.07. The van der Waals surface area contributed by atoms with E-state index in [1.807, 2.05) is 0 Å². The van der Waals surface area contributed by atoms with Crippen LogP contribution in [0, 0.1) is 0 Å². The average molecular weight is 239 g/mol. The average Bonchev–Trinajstić information content (AvgIpc) is 2.71. The summed E-state index contributed by atoms with van der Waals surface area (Å²) in [7, 11) is 2.14. The molecule has 0 bridgehead atoms. The Kier molecular flexibility index (Phi) is 3.25. The maximum absolute atomic E-state index is 11.2. The Bertz CT molecular complexity index is 390. The Morgan fingerprint density at radius 3 is 2.88 bits per heavy atom. The minimum absolute atomic E-state index is 0.103. The number of nitrogens with zero attached hydrogens (tertiary/aromatic N) is 3. The van der Waals surface area contributed by atoms with Crippen LogP contribution in [-0.4, -0.2) is 48.4 Å². The summed E-state index contributed by atoms with van der Waals surface area (Å²) in [6.45, 7) is 6.83. The summed E-state index contributed by atoms with van der Waals surface area (Å²) >= 11 is 1.50. The normalized spacial score (nSPS) is 22.4. The molecule has 16 heavy (non-hydrogen) atoms. The Morgan fingerprint density at radius 1 is 1.56 bits per heavy atom. The lowest BCUT2D eigenvalue weighted by molar-refractivity contribution is 0.102. The number of piperazine rings is 1. The second-order valence-corrected chi connectivity index (χ2v) is 5.35. The molecule has 0 spiro atoms. The number of thiazole rings is 1. The molecular weight excluding hydrogens is 222 g/mol. The zero-order valence-corrected chi connectivity index (χ0v) is 10.8. The summed E-state index contributed by atoms with van der Waals surface area (Å²) in [4.78, 5) is 20.9. The number of carbonyl (C=O) groups excluding carboxylic acids is 1. The molecule has 4 nitrogen and oxygen atoms in total. The third-order valence-corrected chi connectivity index (χ3v) is 4.23. The summed E-state index contributed by atoms with van der Waals surface area (Å²) in [6, 6.07) is 0.540. The molecule has 1 aliphatic rings. The molecule has 1 aromatic heterocycles. The highest BCUT2D eigenvalue weighted by atomic mass is 32.1. The van der Waals surface area contributed by atoms with Gasteiger partial charge in [-0.15, -0.1) is 0 Å². The smallest absolute Gasteiger partial charge is 0.186 e. The number of Topliss-reactive ketones (excluding diaryl/α,β-unsaturated/α-hetero) is 1. The molecule has 1 aromatic rings. The first-order valence-electron chi connectivity index (χ1n) is 5.50. The van der Waals surface area contributed by atoms with E-state index in [9.17, 15) is 4.79 Å². The molecule has 1 fully saturated rings. The van der Waals surface area contributed by atoms with E-state index in [0.29, 0.717) is 6.04 Å². The number of aromatic nitrogens is 1. The van der Waals surface area contributed by atoms with E-state index >= 15 is 0 Å². The van der Waals surface area contributed by atoms with Crippen molar-refractivity contribution in [2.75, 3.05) is 31.6 Å². The first kappa shape index (κ1) is 11.5. The fraction of sp³-hybridized carbons (Fsp3) is 0.636. The van der Waals surface area contributed by atoms with Crippen molar-refractivity contribution in [1.82, 2.24) is 9.88 Å². The summed E-state index contributed by atoms with van der Waals surface area (Å²) < 4.78 is 0. The number of likely N-dealkylation sites (N-methyl/N-ethyl adjacent to an activating group) is 1. The van der Waals surface area contributed by atoms with Crippen molar-refractivity contribution in [1.29, 1.82) is 0 Å². The van der Waals surface area contributed by atoms with Crippen LogP contribution in [0.3, 0.4) is 0 Å². The summed E-state index contributed by atoms with van der Waals surface area (Å²) in [6.07, 6.45) is 1.69. The van der Waals surface area contributed by atoms with Gasteiger partial charge in [-0.05, 0) is 14.0 Å². The van der Waals surface area contributed by atoms with Gasteiger partial charge < -0.3 is 9.80 Å².